The van der Waals surface area contributed by atoms with Gasteiger partial charge in [-0.3, -0.25) is 4.79 Å². The molecule has 1 atom stereocenters. The first-order valence-corrected chi connectivity index (χ1v) is 5.76. The first-order chi connectivity index (χ1) is 5.95. The van der Waals surface area contributed by atoms with Crippen LogP contribution in [0.4, 0.5) is 0 Å². The lowest BCUT2D eigenvalue weighted by atomic mass is 9.96. The number of carbonyl (C=O) groups excluding carboxylic acids is 1. The van der Waals surface area contributed by atoms with Crippen molar-refractivity contribution in [2.24, 2.45) is 11.1 Å². The van der Waals surface area contributed by atoms with Crippen molar-refractivity contribution >= 4 is 16.0 Å². The molecule has 1 fully saturated rings. The van der Waals surface area contributed by atoms with Crippen LogP contribution in [0, 0.1) is 5.92 Å². The molecule has 0 spiro atoms. The van der Waals surface area contributed by atoms with E-state index in [2.05, 4.69) is 0 Å². The molecule has 13 heavy (non-hydrogen) atoms. The number of ketones is 1. The lowest BCUT2D eigenvalue weighted by Gasteiger charge is -2.28. The number of nitrogens with zero attached hydrogens (tertiary/aromatic N) is 1. The minimum absolute atomic E-state index is 0.141. The lowest BCUT2D eigenvalue weighted by molar-refractivity contribution is -0.125. The Balaban J connectivity index is 2.71. The maximum atomic E-state index is 11.2. The molecule has 1 saturated heterocycles. The molecule has 2 N–H and O–H groups in total. The van der Waals surface area contributed by atoms with E-state index in [0.29, 0.717) is 6.42 Å². The Morgan fingerprint density at radius 1 is 1.62 bits per heavy atom. The normalized spacial score (nSPS) is 26.3. The third-order valence-corrected chi connectivity index (χ3v) is 3.39. The van der Waals surface area contributed by atoms with E-state index in [0.717, 1.165) is 0 Å². The van der Waals surface area contributed by atoms with Crippen LogP contribution in [0.3, 0.4) is 0 Å². The van der Waals surface area contributed by atoms with E-state index >= 15 is 0 Å². The number of nitrogens with two attached hydrogens (primary N) is 1. The summed E-state index contributed by atoms with van der Waals surface area (Å²) in [5.41, 5.74) is 0. The highest BCUT2D eigenvalue weighted by Gasteiger charge is 2.30. The Morgan fingerprint density at radius 3 is 2.69 bits per heavy atom. The number of carbonyl (C=O) groups is 1. The van der Waals surface area contributed by atoms with Crippen LogP contribution in [0.1, 0.15) is 19.8 Å². The molecular formula is C7H14N2O3S. The predicted molar refractivity (Wildman–Crippen MR) is 48.1 cm³/mol. The zero-order chi connectivity index (χ0) is 10.1. The largest absolute Gasteiger partial charge is 0.299 e. The van der Waals surface area contributed by atoms with Gasteiger partial charge < -0.3 is 0 Å². The van der Waals surface area contributed by atoms with E-state index in [-0.39, 0.29) is 31.2 Å². The van der Waals surface area contributed by atoms with Gasteiger partial charge in [0.05, 0.1) is 0 Å². The summed E-state index contributed by atoms with van der Waals surface area (Å²) < 4.78 is 23.1. The van der Waals surface area contributed by atoms with Gasteiger partial charge >= 0.3 is 0 Å². The number of rotatable bonds is 2. The van der Waals surface area contributed by atoms with Crippen LogP contribution in [0.5, 0.6) is 0 Å². The van der Waals surface area contributed by atoms with E-state index in [1.807, 2.05) is 6.92 Å². The number of Topliss-reactive ketones (excluding diaryl/α,β-unsaturated/α-hetero) is 1. The monoisotopic (exact) mass is 206 g/mol. The highest BCUT2D eigenvalue weighted by atomic mass is 32.2. The Kier molecular flexibility index (Phi) is 3.05. The number of hydrogen-bond acceptors (Lipinski definition) is 3. The summed E-state index contributed by atoms with van der Waals surface area (Å²) in [4.78, 5) is 11.2. The average molecular weight is 206 g/mol. The van der Waals surface area contributed by atoms with Crippen LogP contribution in [0.15, 0.2) is 0 Å². The molecule has 0 saturated carbocycles. The van der Waals surface area contributed by atoms with E-state index in [9.17, 15) is 13.2 Å². The third kappa shape index (κ3) is 2.49. The lowest BCUT2D eigenvalue weighted by Crippen LogP contribution is -2.46. The highest BCUT2D eigenvalue weighted by Crippen LogP contribution is 2.16. The first kappa shape index (κ1) is 10.6. The molecule has 1 aliphatic heterocycles. The van der Waals surface area contributed by atoms with Crippen molar-refractivity contribution in [3.05, 3.63) is 0 Å². The molecule has 1 aliphatic rings. The fourth-order valence-corrected chi connectivity index (χ4v) is 2.20. The highest BCUT2D eigenvalue weighted by molar-refractivity contribution is 7.86. The van der Waals surface area contributed by atoms with Crippen LogP contribution < -0.4 is 5.14 Å². The second-order valence-electron chi connectivity index (χ2n) is 3.22. The molecular weight excluding hydrogens is 192 g/mol. The summed E-state index contributed by atoms with van der Waals surface area (Å²) in [5, 5.41) is 4.96. The average Bonchev–Trinajstić information content (AvgIpc) is 2.03. The van der Waals surface area contributed by atoms with Gasteiger partial charge in [-0.15, -0.1) is 0 Å². The van der Waals surface area contributed by atoms with Crippen molar-refractivity contribution in [1.82, 2.24) is 4.31 Å². The van der Waals surface area contributed by atoms with E-state index < -0.39 is 10.2 Å². The van der Waals surface area contributed by atoms with Crippen molar-refractivity contribution in [2.75, 3.05) is 13.1 Å². The van der Waals surface area contributed by atoms with Crippen molar-refractivity contribution in [2.45, 2.75) is 19.8 Å². The first-order valence-electron chi connectivity index (χ1n) is 4.25. The van der Waals surface area contributed by atoms with Gasteiger partial charge in [-0.25, -0.2) is 5.14 Å². The van der Waals surface area contributed by atoms with Crippen molar-refractivity contribution in [3.8, 4) is 0 Å². The molecule has 0 bridgehead atoms. The summed E-state index contributed by atoms with van der Waals surface area (Å²) in [5.74, 6) is -0.0329. The van der Waals surface area contributed by atoms with Crippen LogP contribution in [0.2, 0.25) is 0 Å². The molecule has 0 aromatic rings. The SMILES string of the molecule is CCC1CN(S(N)(=O)=O)CCC1=O. The van der Waals surface area contributed by atoms with Gasteiger partial charge in [0.1, 0.15) is 5.78 Å². The quantitative estimate of drug-likeness (QED) is 0.660. The van der Waals surface area contributed by atoms with Crippen LogP contribution in [0.25, 0.3) is 0 Å². The fraction of sp³-hybridized carbons (Fsp3) is 0.857. The maximum Gasteiger partial charge on any atom is 0.276 e. The van der Waals surface area contributed by atoms with Crippen molar-refractivity contribution in [1.29, 1.82) is 0 Å². The standard InChI is InChI=1S/C7H14N2O3S/c1-2-6-5-9(13(8,11)12)4-3-7(6)10/h6H,2-5H2,1H3,(H2,8,11,12). The molecule has 1 unspecified atom stereocenters. The Bertz CT molecular complexity index is 299. The van der Waals surface area contributed by atoms with Gasteiger partial charge in [-0.1, -0.05) is 6.92 Å². The Labute approximate surface area is 78.1 Å². The summed E-state index contributed by atoms with van der Waals surface area (Å²) in [7, 11) is -3.61. The second-order valence-corrected chi connectivity index (χ2v) is 4.77. The summed E-state index contributed by atoms with van der Waals surface area (Å²) in [6.07, 6.45) is 0.958. The second kappa shape index (κ2) is 3.73. The van der Waals surface area contributed by atoms with Gasteiger partial charge in [0.25, 0.3) is 10.2 Å². The minimum Gasteiger partial charge on any atom is -0.299 e. The molecule has 0 radical (unpaired) electrons. The van der Waals surface area contributed by atoms with Crippen molar-refractivity contribution in [3.63, 3.8) is 0 Å². The maximum absolute atomic E-state index is 11.2. The molecule has 76 valence electrons. The summed E-state index contributed by atoms with van der Waals surface area (Å²) in [6.45, 7) is 2.34. The smallest absolute Gasteiger partial charge is 0.276 e. The molecule has 6 heteroatoms. The van der Waals surface area contributed by atoms with Crippen LogP contribution >= 0.6 is 0 Å². The molecule has 1 heterocycles. The van der Waals surface area contributed by atoms with Crippen LogP contribution in [-0.4, -0.2) is 31.6 Å². The zero-order valence-corrected chi connectivity index (χ0v) is 8.38. The van der Waals surface area contributed by atoms with Gasteiger partial charge in [0, 0.05) is 25.4 Å². The molecule has 1 rings (SSSR count). The molecule has 0 amide bonds. The zero-order valence-electron chi connectivity index (χ0n) is 7.56. The van der Waals surface area contributed by atoms with Crippen molar-refractivity contribution < 1.29 is 13.2 Å². The molecule has 5 nitrogen and oxygen atoms in total. The van der Waals surface area contributed by atoms with Crippen LogP contribution in [-0.2, 0) is 15.0 Å². The fourth-order valence-electron chi connectivity index (χ4n) is 1.47. The molecule has 0 aliphatic carbocycles. The van der Waals surface area contributed by atoms with Gasteiger partial charge in [0.2, 0.25) is 0 Å². The topological polar surface area (TPSA) is 80.5 Å². The van der Waals surface area contributed by atoms with Gasteiger partial charge in [-0.2, -0.15) is 12.7 Å². The summed E-state index contributed by atoms with van der Waals surface area (Å²) in [6, 6.07) is 0. The van der Waals surface area contributed by atoms with E-state index in [4.69, 9.17) is 5.14 Å². The molecule has 0 aromatic carbocycles. The summed E-state index contributed by atoms with van der Waals surface area (Å²) >= 11 is 0. The van der Waals surface area contributed by atoms with Gasteiger partial charge in [0.15, 0.2) is 0 Å². The Morgan fingerprint density at radius 2 is 2.23 bits per heavy atom. The Hall–Kier alpha value is -0.460. The minimum atomic E-state index is -3.61. The third-order valence-electron chi connectivity index (χ3n) is 2.34. The van der Waals surface area contributed by atoms with Gasteiger partial charge in [-0.05, 0) is 6.42 Å². The number of piperidine rings is 1. The predicted octanol–water partition coefficient (Wildman–Crippen LogP) is -0.509. The number of hydrogen-bond donors (Lipinski definition) is 1. The molecule has 0 aromatic heterocycles. The van der Waals surface area contributed by atoms with E-state index in [1.165, 1.54) is 4.31 Å². The van der Waals surface area contributed by atoms with E-state index in [1.54, 1.807) is 0 Å².